The Morgan fingerprint density at radius 2 is 2.00 bits per heavy atom. The molecule has 1 N–H and O–H groups in total. The average Bonchev–Trinajstić information content (AvgIpc) is 2.30. The molecule has 1 aromatic carbocycles. The number of piperidine rings is 1. The van der Waals surface area contributed by atoms with Crippen molar-refractivity contribution in [1.82, 2.24) is 0 Å². The number of rotatable bonds is 2. The van der Waals surface area contributed by atoms with Gasteiger partial charge in [0.05, 0.1) is 0 Å². The lowest BCUT2D eigenvalue weighted by molar-refractivity contribution is 0.0968. The summed E-state index contributed by atoms with van der Waals surface area (Å²) in [4.78, 5) is 2.34. The smallest absolute Gasteiger partial charge is 0.0481 e. The highest BCUT2D eigenvalue weighted by Gasteiger charge is 2.34. The van der Waals surface area contributed by atoms with Crippen LogP contribution in [0.2, 0.25) is 5.02 Å². The molecule has 0 radical (unpaired) electrons. The van der Waals surface area contributed by atoms with Crippen LogP contribution >= 0.6 is 11.6 Å². The van der Waals surface area contributed by atoms with E-state index in [4.69, 9.17) is 11.6 Å². The van der Waals surface area contributed by atoms with Crippen molar-refractivity contribution in [3.8, 4) is 0 Å². The van der Waals surface area contributed by atoms with Crippen LogP contribution in [0.3, 0.4) is 0 Å². The predicted molar refractivity (Wildman–Crippen MR) is 72.6 cm³/mol. The number of anilines is 1. The van der Waals surface area contributed by atoms with Crippen molar-refractivity contribution in [2.24, 2.45) is 11.3 Å². The fraction of sp³-hybridized carbons (Fsp3) is 0.571. The Bertz CT molecular complexity index is 374. The third kappa shape index (κ3) is 2.75. The quantitative estimate of drug-likeness (QED) is 0.875. The lowest BCUT2D eigenvalue weighted by Crippen LogP contribution is -2.46. The predicted octanol–water partition coefficient (Wildman–Crippen LogP) is 3.18. The first-order valence-corrected chi connectivity index (χ1v) is 6.52. The summed E-state index contributed by atoms with van der Waals surface area (Å²) in [5.41, 5.74) is 1.43. The molecule has 1 aliphatic heterocycles. The highest BCUT2D eigenvalue weighted by Crippen LogP contribution is 2.37. The van der Waals surface area contributed by atoms with Crippen LogP contribution in [-0.2, 0) is 0 Å². The first-order chi connectivity index (χ1) is 8.03. The lowest BCUT2D eigenvalue weighted by atomic mass is 9.73. The summed E-state index contributed by atoms with van der Waals surface area (Å²) in [7, 11) is 0. The van der Waals surface area contributed by atoms with Gasteiger partial charge in [0.25, 0.3) is 0 Å². The maximum Gasteiger partial charge on any atom is 0.0481 e. The fourth-order valence-electron chi connectivity index (χ4n) is 2.42. The van der Waals surface area contributed by atoms with E-state index in [2.05, 4.69) is 30.9 Å². The Hall–Kier alpha value is -0.730. The third-order valence-electron chi connectivity index (χ3n) is 3.98. The van der Waals surface area contributed by atoms with Crippen LogP contribution in [0.15, 0.2) is 24.3 Å². The minimum absolute atomic E-state index is 0.234. The molecule has 3 heteroatoms. The Morgan fingerprint density at radius 3 is 2.59 bits per heavy atom. The highest BCUT2D eigenvalue weighted by atomic mass is 35.5. The largest absolute Gasteiger partial charge is 0.396 e. The Labute approximate surface area is 108 Å². The number of halogens is 1. The molecule has 1 heterocycles. The number of nitrogens with zero attached hydrogens (tertiary/aromatic N) is 1. The second-order valence-corrected chi connectivity index (χ2v) is 5.98. The fourth-order valence-corrected chi connectivity index (χ4v) is 2.55. The van der Waals surface area contributed by atoms with Crippen molar-refractivity contribution in [2.45, 2.75) is 20.3 Å². The minimum Gasteiger partial charge on any atom is -0.396 e. The van der Waals surface area contributed by atoms with Crippen LogP contribution in [0.5, 0.6) is 0 Å². The van der Waals surface area contributed by atoms with Gasteiger partial charge in [-0.2, -0.15) is 0 Å². The van der Waals surface area contributed by atoms with Crippen LogP contribution in [-0.4, -0.2) is 24.8 Å². The van der Waals surface area contributed by atoms with Crippen molar-refractivity contribution >= 4 is 17.3 Å². The van der Waals surface area contributed by atoms with Gasteiger partial charge in [0, 0.05) is 36.3 Å². The summed E-state index contributed by atoms with van der Waals surface area (Å²) >= 11 is 5.89. The molecule has 2 rings (SSSR count). The normalized spacial score (nSPS) is 23.8. The van der Waals surface area contributed by atoms with Crippen molar-refractivity contribution in [2.75, 3.05) is 24.6 Å². The molecule has 1 aromatic rings. The number of hydrogen-bond acceptors (Lipinski definition) is 2. The summed E-state index contributed by atoms with van der Waals surface area (Å²) in [5, 5.41) is 10.3. The van der Waals surface area contributed by atoms with E-state index in [0.29, 0.717) is 5.92 Å². The molecule has 0 saturated carbocycles. The van der Waals surface area contributed by atoms with E-state index in [0.717, 1.165) is 24.5 Å². The van der Waals surface area contributed by atoms with Crippen molar-refractivity contribution < 1.29 is 5.11 Å². The summed E-state index contributed by atoms with van der Waals surface area (Å²) in [6.07, 6.45) is 1.11. The van der Waals surface area contributed by atoms with E-state index in [1.807, 2.05) is 12.1 Å². The zero-order valence-corrected chi connectivity index (χ0v) is 11.2. The van der Waals surface area contributed by atoms with Crippen LogP contribution < -0.4 is 4.90 Å². The van der Waals surface area contributed by atoms with E-state index in [9.17, 15) is 5.11 Å². The van der Waals surface area contributed by atoms with Gasteiger partial charge in [-0.1, -0.05) is 25.4 Å². The van der Waals surface area contributed by atoms with Crippen LogP contribution in [0.1, 0.15) is 20.3 Å². The number of benzene rings is 1. The van der Waals surface area contributed by atoms with Crippen LogP contribution in [0.4, 0.5) is 5.69 Å². The molecule has 1 fully saturated rings. The molecular weight excluding hydrogens is 234 g/mol. The van der Waals surface area contributed by atoms with E-state index in [-0.39, 0.29) is 12.0 Å². The molecule has 0 bridgehead atoms. The summed E-state index contributed by atoms with van der Waals surface area (Å²) in [5.74, 6) is 0.340. The summed E-state index contributed by atoms with van der Waals surface area (Å²) < 4.78 is 0. The zero-order chi connectivity index (χ0) is 12.5. The van der Waals surface area contributed by atoms with Crippen molar-refractivity contribution in [3.05, 3.63) is 29.3 Å². The van der Waals surface area contributed by atoms with Gasteiger partial charge in [-0.05, 0) is 36.1 Å². The Morgan fingerprint density at radius 1 is 1.35 bits per heavy atom. The van der Waals surface area contributed by atoms with E-state index in [1.54, 1.807) is 0 Å². The monoisotopic (exact) mass is 253 g/mol. The average molecular weight is 254 g/mol. The molecule has 2 nitrogen and oxygen atoms in total. The van der Waals surface area contributed by atoms with Gasteiger partial charge in [0.1, 0.15) is 0 Å². The third-order valence-corrected chi connectivity index (χ3v) is 4.24. The number of aliphatic hydroxyl groups excluding tert-OH is 1. The van der Waals surface area contributed by atoms with Crippen molar-refractivity contribution in [1.29, 1.82) is 0 Å². The van der Waals surface area contributed by atoms with Gasteiger partial charge in [-0.25, -0.2) is 0 Å². The first kappa shape index (κ1) is 12.7. The van der Waals surface area contributed by atoms with Crippen molar-refractivity contribution in [3.63, 3.8) is 0 Å². The second kappa shape index (κ2) is 4.87. The minimum atomic E-state index is 0.234. The Kier molecular flexibility index (Phi) is 3.64. The summed E-state index contributed by atoms with van der Waals surface area (Å²) in [6.45, 7) is 6.72. The van der Waals surface area contributed by atoms with Crippen LogP contribution in [0.25, 0.3) is 0 Å². The van der Waals surface area contributed by atoms with Gasteiger partial charge in [-0.15, -0.1) is 0 Å². The zero-order valence-electron chi connectivity index (χ0n) is 10.5. The molecule has 0 amide bonds. The molecule has 1 aliphatic rings. The van der Waals surface area contributed by atoms with Gasteiger partial charge < -0.3 is 10.0 Å². The standard InChI is InChI=1S/C14H20ClNO/c1-14(2)7-8-16(9-11(14)10-17)13-5-3-12(15)4-6-13/h3-6,11,17H,7-10H2,1-2H3. The lowest BCUT2D eigenvalue weighted by Gasteiger charge is -2.44. The molecule has 94 valence electrons. The molecule has 0 aliphatic carbocycles. The Balaban J connectivity index is 2.12. The molecule has 1 unspecified atom stereocenters. The van der Waals surface area contributed by atoms with Crippen LogP contribution in [0, 0.1) is 11.3 Å². The number of hydrogen-bond donors (Lipinski definition) is 1. The molecule has 0 spiro atoms. The van der Waals surface area contributed by atoms with Gasteiger partial charge >= 0.3 is 0 Å². The first-order valence-electron chi connectivity index (χ1n) is 6.14. The molecule has 0 aromatic heterocycles. The topological polar surface area (TPSA) is 23.5 Å². The molecular formula is C14H20ClNO. The second-order valence-electron chi connectivity index (χ2n) is 5.54. The molecule has 17 heavy (non-hydrogen) atoms. The maximum absolute atomic E-state index is 9.49. The molecule has 1 atom stereocenters. The number of aliphatic hydroxyl groups is 1. The maximum atomic E-state index is 9.49. The van der Waals surface area contributed by atoms with E-state index < -0.39 is 0 Å². The van der Waals surface area contributed by atoms with Gasteiger partial charge in [0.15, 0.2) is 0 Å². The van der Waals surface area contributed by atoms with Gasteiger partial charge in [-0.3, -0.25) is 0 Å². The highest BCUT2D eigenvalue weighted by molar-refractivity contribution is 6.30. The SMILES string of the molecule is CC1(C)CCN(c2ccc(Cl)cc2)CC1CO. The molecule has 1 saturated heterocycles. The van der Waals surface area contributed by atoms with E-state index in [1.165, 1.54) is 5.69 Å². The van der Waals surface area contributed by atoms with E-state index >= 15 is 0 Å². The van der Waals surface area contributed by atoms with Gasteiger partial charge in [0.2, 0.25) is 0 Å². The summed E-state index contributed by atoms with van der Waals surface area (Å²) in [6, 6.07) is 7.94.